The Hall–Kier alpha value is -0.800. The molecule has 76 valence electrons. The molecule has 4 nitrogen and oxygen atoms in total. The number of nitrogens with zero attached hydrogens (tertiary/aromatic N) is 1. The van der Waals surface area contributed by atoms with E-state index in [1.807, 2.05) is 6.92 Å². The Morgan fingerprint density at radius 2 is 1.85 bits per heavy atom. The predicted octanol–water partition coefficient (Wildman–Crippen LogP) is 2.27. The first kappa shape index (κ1) is 10.3. The molecule has 1 aliphatic rings. The Labute approximate surface area is 78.4 Å². The molecule has 0 spiro atoms. The minimum atomic E-state index is -0.663. The molecule has 4 unspecified atom stereocenters. The monoisotopic (exact) mass is 187 g/mol. The molecule has 0 N–H and O–H groups in total. The summed E-state index contributed by atoms with van der Waals surface area (Å²) in [5, 5.41) is 9.52. The van der Waals surface area contributed by atoms with Crippen molar-refractivity contribution in [3.63, 3.8) is 0 Å². The van der Waals surface area contributed by atoms with Crippen molar-refractivity contribution in [3.8, 4) is 0 Å². The molecule has 0 saturated heterocycles. The van der Waals surface area contributed by atoms with E-state index in [1.54, 1.807) is 0 Å². The third kappa shape index (κ3) is 2.32. The van der Waals surface area contributed by atoms with Crippen LogP contribution in [-0.2, 0) is 4.84 Å². The van der Waals surface area contributed by atoms with Gasteiger partial charge in [-0.2, -0.15) is 0 Å². The fourth-order valence-corrected chi connectivity index (χ4v) is 2.07. The minimum absolute atomic E-state index is 0.193. The Morgan fingerprint density at radius 1 is 1.23 bits per heavy atom. The molecule has 0 heterocycles. The topological polar surface area (TPSA) is 52.4 Å². The average molecular weight is 187 g/mol. The van der Waals surface area contributed by atoms with Crippen molar-refractivity contribution in [1.29, 1.82) is 0 Å². The molecule has 0 radical (unpaired) electrons. The van der Waals surface area contributed by atoms with Crippen molar-refractivity contribution in [2.75, 3.05) is 0 Å². The van der Waals surface area contributed by atoms with Crippen molar-refractivity contribution in [2.24, 2.45) is 17.8 Å². The van der Waals surface area contributed by atoms with Gasteiger partial charge in [0.15, 0.2) is 0 Å². The van der Waals surface area contributed by atoms with E-state index < -0.39 is 5.09 Å². The standard InChI is InChI=1S/C9H17NO3/c1-6-4-5-9(13-10(11)12)8(3)7(6)2/h6-9H,4-5H2,1-3H3. The smallest absolute Gasteiger partial charge is 0.294 e. The maximum atomic E-state index is 10.2. The molecule has 4 atom stereocenters. The third-order valence-electron chi connectivity index (χ3n) is 3.44. The molecule has 13 heavy (non-hydrogen) atoms. The highest BCUT2D eigenvalue weighted by Gasteiger charge is 2.33. The molecule has 1 saturated carbocycles. The molecule has 0 aromatic rings. The van der Waals surface area contributed by atoms with Crippen molar-refractivity contribution in [2.45, 2.75) is 39.7 Å². The van der Waals surface area contributed by atoms with Crippen LogP contribution in [0.4, 0.5) is 0 Å². The fourth-order valence-electron chi connectivity index (χ4n) is 2.07. The van der Waals surface area contributed by atoms with Crippen molar-refractivity contribution in [3.05, 3.63) is 10.1 Å². The molecule has 0 aromatic heterocycles. The van der Waals surface area contributed by atoms with Crippen LogP contribution in [0, 0.1) is 27.9 Å². The zero-order valence-corrected chi connectivity index (χ0v) is 8.40. The number of hydrogen-bond acceptors (Lipinski definition) is 3. The number of rotatable bonds is 2. The van der Waals surface area contributed by atoms with Crippen LogP contribution in [0.25, 0.3) is 0 Å². The molecule has 0 aromatic carbocycles. The summed E-state index contributed by atoms with van der Waals surface area (Å²) >= 11 is 0. The molecule has 4 heteroatoms. The van der Waals surface area contributed by atoms with Gasteiger partial charge in [0.1, 0.15) is 6.10 Å². The van der Waals surface area contributed by atoms with Gasteiger partial charge in [0.05, 0.1) is 0 Å². The second-order valence-corrected chi connectivity index (χ2v) is 4.14. The van der Waals surface area contributed by atoms with E-state index in [2.05, 4.69) is 18.7 Å². The fraction of sp³-hybridized carbons (Fsp3) is 1.00. The van der Waals surface area contributed by atoms with E-state index in [0.29, 0.717) is 11.8 Å². The van der Waals surface area contributed by atoms with Crippen LogP contribution in [0.3, 0.4) is 0 Å². The SMILES string of the molecule is CC1CCC(O[N+](=O)[O-])C(C)C1C. The minimum Gasteiger partial charge on any atom is -0.310 e. The largest absolute Gasteiger partial charge is 0.310 e. The Bertz CT molecular complexity index is 195. The van der Waals surface area contributed by atoms with Gasteiger partial charge in [0.2, 0.25) is 0 Å². The summed E-state index contributed by atoms with van der Waals surface area (Å²) in [6, 6.07) is 0. The molecule has 1 rings (SSSR count). The van der Waals surface area contributed by atoms with E-state index >= 15 is 0 Å². The van der Waals surface area contributed by atoms with Crippen LogP contribution < -0.4 is 0 Å². The van der Waals surface area contributed by atoms with Crippen LogP contribution in [0.15, 0.2) is 0 Å². The van der Waals surface area contributed by atoms with Gasteiger partial charge in [0, 0.05) is 0 Å². The first-order chi connectivity index (χ1) is 6.02. The van der Waals surface area contributed by atoms with Gasteiger partial charge in [-0.15, -0.1) is 10.1 Å². The van der Waals surface area contributed by atoms with Crippen molar-refractivity contribution >= 4 is 0 Å². The maximum Gasteiger partial charge on any atom is 0.294 e. The summed E-state index contributed by atoms with van der Waals surface area (Å²) in [5.74, 6) is 1.45. The van der Waals surface area contributed by atoms with Gasteiger partial charge < -0.3 is 4.84 Å². The summed E-state index contributed by atoms with van der Waals surface area (Å²) in [7, 11) is 0. The van der Waals surface area contributed by atoms with Crippen molar-refractivity contribution in [1.82, 2.24) is 0 Å². The van der Waals surface area contributed by atoms with Crippen LogP contribution in [0.1, 0.15) is 33.6 Å². The Kier molecular flexibility index (Phi) is 3.12. The van der Waals surface area contributed by atoms with Gasteiger partial charge in [-0.25, -0.2) is 0 Å². The van der Waals surface area contributed by atoms with Gasteiger partial charge in [-0.3, -0.25) is 0 Å². The van der Waals surface area contributed by atoms with E-state index in [4.69, 9.17) is 0 Å². The lowest BCUT2D eigenvalue weighted by atomic mass is 9.73. The highest BCUT2D eigenvalue weighted by Crippen LogP contribution is 2.35. The zero-order chi connectivity index (χ0) is 10.0. The first-order valence-corrected chi connectivity index (χ1v) is 4.83. The molecule has 0 bridgehead atoms. The summed E-state index contributed by atoms with van der Waals surface area (Å²) in [5.41, 5.74) is 0. The zero-order valence-electron chi connectivity index (χ0n) is 8.40. The number of hydrogen-bond donors (Lipinski definition) is 0. The van der Waals surface area contributed by atoms with Crippen LogP contribution in [0.2, 0.25) is 0 Å². The van der Waals surface area contributed by atoms with E-state index in [1.165, 1.54) is 0 Å². The molecule has 0 aliphatic heterocycles. The third-order valence-corrected chi connectivity index (χ3v) is 3.44. The van der Waals surface area contributed by atoms with E-state index in [9.17, 15) is 10.1 Å². The lowest BCUT2D eigenvalue weighted by molar-refractivity contribution is -0.771. The average Bonchev–Trinajstić information content (AvgIpc) is 2.06. The second-order valence-electron chi connectivity index (χ2n) is 4.14. The summed E-state index contributed by atoms with van der Waals surface area (Å²) in [6.07, 6.45) is 1.65. The Morgan fingerprint density at radius 3 is 2.38 bits per heavy atom. The maximum absolute atomic E-state index is 10.2. The van der Waals surface area contributed by atoms with E-state index in [0.717, 1.165) is 12.8 Å². The highest BCUT2D eigenvalue weighted by atomic mass is 17.0. The normalized spacial score (nSPS) is 39.9. The summed E-state index contributed by atoms with van der Waals surface area (Å²) < 4.78 is 0. The summed E-state index contributed by atoms with van der Waals surface area (Å²) in [4.78, 5) is 14.8. The predicted molar refractivity (Wildman–Crippen MR) is 48.6 cm³/mol. The molecular formula is C9H17NO3. The first-order valence-electron chi connectivity index (χ1n) is 4.83. The molecule has 1 aliphatic carbocycles. The molecule has 0 amide bonds. The Balaban J connectivity index is 2.53. The van der Waals surface area contributed by atoms with E-state index in [-0.39, 0.29) is 12.0 Å². The molecular weight excluding hydrogens is 170 g/mol. The lowest BCUT2D eigenvalue weighted by Gasteiger charge is -2.36. The van der Waals surface area contributed by atoms with Crippen LogP contribution in [0.5, 0.6) is 0 Å². The summed E-state index contributed by atoms with van der Waals surface area (Å²) in [6.45, 7) is 6.38. The van der Waals surface area contributed by atoms with Gasteiger partial charge in [-0.1, -0.05) is 20.8 Å². The second kappa shape index (κ2) is 3.94. The highest BCUT2D eigenvalue weighted by molar-refractivity contribution is 4.80. The van der Waals surface area contributed by atoms with Crippen molar-refractivity contribution < 1.29 is 9.92 Å². The van der Waals surface area contributed by atoms with Gasteiger partial charge in [-0.05, 0) is 30.6 Å². The molecule has 1 fully saturated rings. The van der Waals surface area contributed by atoms with Gasteiger partial charge in [0.25, 0.3) is 5.09 Å². The quantitative estimate of drug-likeness (QED) is 0.492. The lowest BCUT2D eigenvalue weighted by Crippen LogP contribution is -2.36. The van der Waals surface area contributed by atoms with Gasteiger partial charge >= 0.3 is 0 Å². The van der Waals surface area contributed by atoms with Crippen LogP contribution in [-0.4, -0.2) is 11.2 Å². The van der Waals surface area contributed by atoms with Crippen LogP contribution >= 0.6 is 0 Å².